The summed E-state index contributed by atoms with van der Waals surface area (Å²) >= 11 is 0. The lowest BCUT2D eigenvalue weighted by atomic mass is 9.45. The summed E-state index contributed by atoms with van der Waals surface area (Å²) in [6.45, 7) is 6.63. The van der Waals surface area contributed by atoms with Crippen molar-refractivity contribution in [3.05, 3.63) is 12.2 Å². The fourth-order valence-electron chi connectivity index (χ4n) is 7.04. The first kappa shape index (κ1) is 15.7. The van der Waals surface area contributed by atoms with Crippen LogP contribution in [0.1, 0.15) is 72.1 Å². The van der Waals surface area contributed by atoms with Gasteiger partial charge in [-0.3, -0.25) is 4.79 Å². The molecule has 23 heavy (non-hydrogen) atoms. The fraction of sp³-hybridized carbons (Fsp3) is 0.857. The minimum absolute atomic E-state index is 0.0993. The van der Waals surface area contributed by atoms with E-state index in [9.17, 15) is 4.79 Å². The summed E-state index contributed by atoms with van der Waals surface area (Å²) in [6, 6.07) is 0. The molecule has 0 radical (unpaired) electrons. The smallest absolute Gasteiger partial charge is 0.302 e. The van der Waals surface area contributed by atoms with Gasteiger partial charge in [0.2, 0.25) is 0 Å². The van der Waals surface area contributed by atoms with Crippen LogP contribution in [0.5, 0.6) is 0 Å². The third kappa shape index (κ3) is 2.39. The van der Waals surface area contributed by atoms with Gasteiger partial charge < -0.3 is 4.74 Å². The number of rotatable bonds is 1. The molecule has 0 bridgehead atoms. The first-order valence-electron chi connectivity index (χ1n) is 9.77. The monoisotopic (exact) mass is 316 g/mol. The molecule has 2 nitrogen and oxygen atoms in total. The number of hydrogen-bond donors (Lipinski definition) is 0. The Morgan fingerprint density at radius 2 is 1.91 bits per heavy atom. The topological polar surface area (TPSA) is 26.3 Å². The summed E-state index contributed by atoms with van der Waals surface area (Å²) in [5.74, 6) is 3.39. The van der Waals surface area contributed by atoms with Gasteiger partial charge in [0.25, 0.3) is 0 Å². The van der Waals surface area contributed by atoms with E-state index in [4.69, 9.17) is 4.74 Å². The van der Waals surface area contributed by atoms with Crippen molar-refractivity contribution in [1.82, 2.24) is 0 Å². The van der Waals surface area contributed by atoms with Crippen LogP contribution in [0, 0.1) is 34.5 Å². The summed E-state index contributed by atoms with van der Waals surface area (Å²) in [4.78, 5) is 11.3. The molecule has 0 unspecified atom stereocenters. The second kappa shape index (κ2) is 5.36. The van der Waals surface area contributed by atoms with E-state index < -0.39 is 0 Å². The molecule has 0 spiro atoms. The molecule has 4 rings (SSSR count). The van der Waals surface area contributed by atoms with Gasteiger partial charge >= 0.3 is 5.97 Å². The van der Waals surface area contributed by atoms with Crippen LogP contribution in [0.4, 0.5) is 0 Å². The molecule has 2 heteroatoms. The summed E-state index contributed by atoms with van der Waals surface area (Å²) in [6.07, 6.45) is 15.5. The maximum absolute atomic E-state index is 11.3. The van der Waals surface area contributed by atoms with Crippen LogP contribution < -0.4 is 0 Å². The average Bonchev–Trinajstić information content (AvgIpc) is 2.89. The highest BCUT2D eigenvalue weighted by Crippen LogP contribution is 2.65. The number of hydrogen-bond acceptors (Lipinski definition) is 2. The number of carbonyl (C=O) groups is 1. The Morgan fingerprint density at radius 1 is 1.09 bits per heavy atom. The molecule has 0 aromatic heterocycles. The Bertz CT molecular complexity index is 524. The highest BCUT2D eigenvalue weighted by atomic mass is 16.5. The van der Waals surface area contributed by atoms with Crippen LogP contribution >= 0.6 is 0 Å². The Hall–Kier alpha value is -0.790. The summed E-state index contributed by atoms with van der Waals surface area (Å²) in [5, 5.41) is 0. The summed E-state index contributed by atoms with van der Waals surface area (Å²) in [5.41, 5.74) is 0.975. The Morgan fingerprint density at radius 3 is 2.70 bits per heavy atom. The Balaban J connectivity index is 1.53. The third-order valence-electron chi connectivity index (χ3n) is 8.28. The van der Waals surface area contributed by atoms with Crippen LogP contribution in [0.3, 0.4) is 0 Å². The van der Waals surface area contributed by atoms with Crippen molar-refractivity contribution in [3.63, 3.8) is 0 Å². The van der Waals surface area contributed by atoms with E-state index in [0.717, 1.165) is 36.5 Å². The van der Waals surface area contributed by atoms with Crippen molar-refractivity contribution >= 4 is 5.97 Å². The van der Waals surface area contributed by atoms with Gasteiger partial charge in [0.1, 0.15) is 6.10 Å². The standard InChI is InChI=1S/C21H32O2/c1-14(22)23-16-8-12-21(3)15(13-16)6-7-17-18-5-4-10-20(18,2)11-9-19(17)21/h4,10,15-19H,5-9,11-13H2,1-3H3/t15-,16+,17+,18+,19+,20-,21-/m0/s1. The van der Waals surface area contributed by atoms with E-state index in [-0.39, 0.29) is 12.1 Å². The SMILES string of the molecule is CC(=O)O[C@@H]1CC[C@@]2(C)[C@@H](CC[C@H]3[C@H]2CC[C@]2(C)C=CC[C@H]32)C1. The first-order valence-corrected chi connectivity index (χ1v) is 9.77. The van der Waals surface area contributed by atoms with E-state index >= 15 is 0 Å². The Labute approximate surface area is 141 Å². The molecule has 0 saturated heterocycles. The van der Waals surface area contributed by atoms with Gasteiger partial charge in [-0.25, -0.2) is 0 Å². The van der Waals surface area contributed by atoms with Gasteiger partial charge in [-0.1, -0.05) is 26.0 Å². The fourth-order valence-corrected chi connectivity index (χ4v) is 7.04. The first-order chi connectivity index (χ1) is 10.9. The molecular weight excluding hydrogens is 284 g/mol. The molecule has 128 valence electrons. The molecule has 3 saturated carbocycles. The van der Waals surface area contributed by atoms with Gasteiger partial charge in [-0.05, 0) is 85.9 Å². The zero-order chi connectivity index (χ0) is 16.2. The molecule has 0 aromatic rings. The number of esters is 1. The number of ether oxygens (including phenoxy) is 1. The molecule has 3 fully saturated rings. The summed E-state index contributed by atoms with van der Waals surface area (Å²) in [7, 11) is 0. The predicted octanol–water partition coefficient (Wildman–Crippen LogP) is 5.13. The van der Waals surface area contributed by atoms with Crippen molar-refractivity contribution in [2.75, 3.05) is 0 Å². The number of carbonyl (C=O) groups excluding carboxylic acids is 1. The van der Waals surface area contributed by atoms with Crippen molar-refractivity contribution < 1.29 is 9.53 Å². The summed E-state index contributed by atoms with van der Waals surface area (Å²) < 4.78 is 5.56. The van der Waals surface area contributed by atoms with E-state index in [1.807, 2.05) is 0 Å². The van der Waals surface area contributed by atoms with Crippen LogP contribution in [0.2, 0.25) is 0 Å². The van der Waals surface area contributed by atoms with Crippen molar-refractivity contribution in [2.24, 2.45) is 34.5 Å². The van der Waals surface area contributed by atoms with Gasteiger partial charge in [-0.15, -0.1) is 0 Å². The Kier molecular flexibility index (Phi) is 3.66. The van der Waals surface area contributed by atoms with E-state index in [2.05, 4.69) is 26.0 Å². The van der Waals surface area contributed by atoms with Crippen LogP contribution in [0.25, 0.3) is 0 Å². The van der Waals surface area contributed by atoms with Gasteiger partial charge in [0, 0.05) is 6.92 Å². The van der Waals surface area contributed by atoms with Gasteiger partial charge in [0.15, 0.2) is 0 Å². The lowest BCUT2D eigenvalue weighted by Gasteiger charge is -2.60. The third-order valence-corrected chi connectivity index (χ3v) is 8.28. The normalized spacial score (nSPS) is 51.5. The van der Waals surface area contributed by atoms with E-state index in [1.54, 1.807) is 6.92 Å². The molecule has 0 amide bonds. The van der Waals surface area contributed by atoms with Gasteiger partial charge in [0.05, 0.1) is 0 Å². The average molecular weight is 316 g/mol. The molecule has 0 N–H and O–H groups in total. The maximum atomic E-state index is 11.3. The molecule has 7 atom stereocenters. The predicted molar refractivity (Wildman–Crippen MR) is 91.8 cm³/mol. The molecule has 0 heterocycles. The van der Waals surface area contributed by atoms with Crippen molar-refractivity contribution in [1.29, 1.82) is 0 Å². The van der Waals surface area contributed by atoms with Crippen LogP contribution in [-0.2, 0) is 9.53 Å². The molecule has 4 aliphatic carbocycles. The minimum Gasteiger partial charge on any atom is -0.463 e. The lowest BCUT2D eigenvalue weighted by Crippen LogP contribution is -2.53. The second-order valence-corrected chi connectivity index (χ2v) is 9.35. The largest absolute Gasteiger partial charge is 0.463 e. The zero-order valence-electron chi connectivity index (χ0n) is 15.0. The zero-order valence-corrected chi connectivity index (χ0v) is 15.0. The van der Waals surface area contributed by atoms with E-state index in [1.165, 1.54) is 38.5 Å². The molecule has 0 aliphatic heterocycles. The quantitative estimate of drug-likeness (QED) is 0.495. The molecule has 4 aliphatic rings. The maximum Gasteiger partial charge on any atom is 0.302 e. The van der Waals surface area contributed by atoms with E-state index in [0.29, 0.717) is 10.8 Å². The van der Waals surface area contributed by atoms with Crippen LogP contribution in [0.15, 0.2) is 12.2 Å². The molecular formula is C21H32O2. The highest BCUT2D eigenvalue weighted by molar-refractivity contribution is 5.66. The van der Waals surface area contributed by atoms with Crippen LogP contribution in [-0.4, -0.2) is 12.1 Å². The van der Waals surface area contributed by atoms with Crippen molar-refractivity contribution in [2.45, 2.75) is 78.2 Å². The second-order valence-electron chi connectivity index (χ2n) is 9.35. The minimum atomic E-state index is -0.0993. The number of fused-ring (bicyclic) bond motifs is 5. The highest BCUT2D eigenvalue weighted by Gasteiger charge is 2.57. The van der Waals surface area contributed by atoms with Crippen molar-refractivity contribution in [3.8, 4) is 0 Å². The molecule has 0 aromatic carbocycles. The lowest BCUT2D eigenvalue weighted by molar-refractivity contribution is -0.158. The van der Waals surface area contributed by atoms with Gasteiger partial charge in [-0.2, -0.15) is 0 Å². The number of allylic oxidation sites excluding steroid dienone is 2.